The van der Waals surface area contributed by atoms with E-state index in [-0.39, 0.29) is 6.04 Å². The molecule has 1 unspecified atom stereocenters. The summed E-state index contributed by atoms with van der Waals surface area (Å²) in [6, 6.07) is 8.07. The van der Waals surface area contributed by atoms with Crippen molar-refractivity contribution in [3.8, 4) is 0 Å². The van der Waals surface area contributed by atoms with Gasteiger partial charge in [-0.1, -0.05) is 35.1 Å². The molecule has 0 spiro atoms. The maximum atomic E-state index is 5.99. The summed E-state index contributed by atoms with van der Waals surface area (Å²) in [6.07, 6.45) is 1.68. The lowest BCUT2D eigenvalue weighted by Crippen LogP contribution is -2.21. The largest absolute Gasteiger partial charge is 0.389 e. The molecule has 0 aliphatic heterocycles. The summed E-state index contributed by atoms with van der Waals surface area (Å²) in [5, 5.41) is 2.39. The minimum atomic E-state index is 0.208. The highest BCUT2D eigenvalue weighted by molar-refractivity contribution is 7.19. The number of aromatic nitrogens is 1. The summed E-state index contributed by atoms with van der Waals surface area (Å²) in [7, 11) is 2.00. The van der Waals surface area contributed by atoms with Gasteiger partial charge in [0.05, 0.1) is 12.2 Å². The molecule has 17 heavy (non-hydrogen) atoms. The van der Waals surface area contributed by atoms with E-state index in [1.807, 2.05) is 25.2 Å². The zero-order valence-corrected chi connectivity index (χ0v) is 11.3. The zero-order valence-electron chi connectivity index (χ0n) is 9.72. The van der Waals surface area contributed by atoms with Gasteiger partial charge in [-0.3, -0.25) is 0 Å². The Balaban J connectivity index is 2.22. The van der Waals surface area contributed by atoms with Gasteiger partial charge in [0.15, 0.2) is 5.13 Å². The quantitative estimate of drug-likeness (QED) is 0.924. The summed E-state index contributed by atoms with van der Waals surface area (Å²) in [6.45, 7) is 2.11. The van der Waals surface area contributed by atoms with Crippen LogP contribution in [-0.2, 0) is 0 Å². The summed E-state index contributed by atoms with van der Waals surface area (Å²) < 4.78 is 0. The van der Waals surface area contributed by atoms with Gasteiger partial charge < -0.3 is 10.6 Å². The van der Waals surface area contributed by atoms with Crippen LogP contribution in [0.4, 0.5) is 10.1 Å². The topological polar surface area (TPSA) is 42.2 Å². The van der Waals surface area contributed by atoms with Crippen LogP contribution in [0.3, 0.4) is 0 Å². The predicted molar refractivity (Wildman–Crippen MR) is 74.8 cm³/mol. The Labute approximate surface area is 110 Å². The van der Waals surface area contributed by atoms with E-state index < -0.39 is 0 Å². The van der Waals surface area contributed by atoms with Crippen LogP contribution in [0, 0.1) is 0 Å². The van der Waals surface area contributed by atoms with E-state index in [0.29, 0.717) is 0 Å². The number of halogens is 1. The van der Waals surface area contributed by atoms with E-state index in [4.69, 9.17) is 17.3 Å². The van der Waals surface area contributed by atoms with Crippen molar-refractivity contribution in [1.82, 2.24) is 4.98 Å². The molecule has 3 nitrogen and oxygen atoms in total. The van der Waals surface area contributed by atoms with Crippen molar-refractivity contribution in [3.63, 3.8) is 0 Å². The average Bonchev–Trinajstić information content (AvgIpc) is 2.74. The van der Waals surface area contributed by atoms with Crippen LogP contribution in [0.2, 0.25) is 5.02 Å². The van der Waals surface area contributed by atoms with Gasteiger partial charge in [0, 0.05) is 12.1 Å². The molecular formula is C12H14ClN3S. The smallest absolute Gasteiger partial charge is 0.187 e. The fourth-order valence-electron chi connectivity index (χ4n) is 1.60. The first-order valence-corrected chi connectivity index (χ1v) is 6.47. The number of benzene rings is 1. The molecule has 2 aromatic rings. The summed E-state index contributed by atoms with van der Waals surface area (Å²) in [4.78, 5) is 6.36. The third kappa shape index (κ3) is 2.70. The Morgan fingerprint density at radius 1 is 1.47 bits per heavy atom. The van der Waals surface area contributed by atoms with Crippen molar-refractivity contribution < 1.29 is 0 Å². The number of rotatable bonds is 3. The number of anilines is 2. The Bertz CT molecular complexity index is 512. The van der Waals surface area contributed by atoms with Crippen LogP contribution < -0.4 is 10.6 Å². The van der Waals surface area contributed by atoms with Gasteiger partial charge in [-0.05, 0) is 24.6 Å². The molecule has 0 radical (unpaired) electrons. The molecule has 0 amide bonds. The van der Waals surface area contributed by atoms with Crippen molar-refractivity contribution >= 4 is 33.1 Å². The van der Waals surface area contributed by atoms with Gasteiger partial charge in [-0.15, -0.1) is 0 Å². The lowest BCUT2D eigenvalue weighted by Gasteiger charge is -2.24. The van der Waals surface area contributed by atoms with E-state index >= 15 is 0 Å². The van der Waals surface area contributed by atoms with Gasteiger partial charge in [0.1, 0.15) is 5.00 Å². The fourth-order valence-corrected chi connectivity index (χ4v) is 2.52. The Hall–Kier alpha value is -1.26. The molecule has 5 heteroatoms. The Morgan fingerprint density at radius 2 is 2.24 bits per heavy atom. The summed E-state index contributed by atoms with van der Waals surface area (Å²) in [5.74, 6) is 0. The molecule has 0 saturated heterocycles. The second-order valence-electron chi connectivity index (χ2n) is 3.89. The van der Waals surface area contributed by atoms with E-state index in [1.165, 1.54) is 11.3 Å². The van der Waals surface area contributed by atoms with Crippen molar-refractivity contribution in [1.29, 1.82) is 0 Å². The molecule has 1 atom stereocenters. The molecule has 2 N–H and O–H groups in total. The van der Waals surface area contributed by atoms with E-state index in [9.17, 15) is 0 Å². The van der Waals surface area contributed by atoms with Crippen LogP contribution in [0.25, 0.3) is 0 Å². The van der Waals surface area contributed by atoms with E-state index in [2.05, 4.69) is 22.9 Å². The van der Waals surface area contributed by atoms with Crippen LogP contribution >= 0.6 is 22.9 Å². The van der Waals surface area contributed by atoms with Gasteiger partial charge >= 0.3 is 0 Å². The number of nitrogen functional groups attached to an aromatic ring is 1. The van der Waals surface area contributed by atoms with E-state index in [1.54, 1.807) is 6.20 Å². The van der Waals surface area contributed by atoms with Crippen LogP contribution in [-0.4, -0.2) is 12.0 Å². The molecule has 0 aliphatic carbocycles. The van der Waals surface area contributed by atoms with Crippen LogP contribution in [0.15, 0.2) is 30.5 Å². The predicted octanol–water partition coefficient (Wildman–Crippen LogP) is 3.58. The molecule has 0 fully saturated rings. The second-order valence-corrected chi connectivity index (χ2v) is 5.36. The van der Waals surface area contributed by atoms with Crippen LogP contribution in [0.5, 0.6) is 0 Å². The molecule has 90 valence electrons. The van der Waals surface area contributed by atoms with Gasteiger partial charge in [-0.2, -0.15) is 0 Å². The maximum Gasteiger partial charge on any atom is 0.187 e. The molecule has 0 saturated carbocycles. The summed E-state index contributed by atoms with van der Waals surface area (Å²) in [5.41, 5.74) is 6.85. The molecule has 2 rings (SSSR count). The number of hydrogen-bond acceptors (Lipinski definition) is 4. The normalized spacial score (nSPS) is 12.4. The minimum absolute atomic E-state index is 0.208. The molecular weight excluding hydrogens is 254 g/mol. The van der Waals surface area contributed by atoms with E-state index in [0.717, 1.165) is 20.7 Å². The SMILES string of the molecule is CC(c1cccc(Cl)c1)N(C)c1ncc(N)s1. The third-order valence-corrected chi connectivity index (χ3v) is 3.88. The monoisotopic (exact) mass is 267 g/mol. The first-order valence-electron chi connectivity index (χ1n) is 5.27. The fraction of sp³-hybridized carbons (Fsp3) is 0.250. The molecule has 0 bridgehead atoms. The third-order valence-electron chi connectivity index (χ3n) is 2.73. The highest BCUT2D eigenvalue weighted by atomic mass is 35.5. The second kappa shape index (κ2) is 4.94. The first-order chi connectivity index (χ1) is 8.08. The molecule has 1 aromatic heterocycles. The van der Waals surface area contributed by atoms with Crippen molar-refractivity contribution in [2.24, 2.45) is 0 Å². The molecule has 0 aliphatic rings. The van der Waals surface area contributed by atoms with Gasteiger partial charge in [0.2, 0.25) is 0 Å². The van der Waals surface area contributed by atoms with Gasteiger partial charge in [-0.25, -0.2) is 4.98 Å². The standard InChI is InChI=1S/C12H14ClN3S/c1-8(9-4-3-5-10(13)6-9)16(2)12-15-7-11(14)17-12/h3-8H,14H2,1-2H3. The first kappa shape index (κ1) is 12.2. The highest BCUT2D eigenvalue weighted by Crippen LogP contribution is 2.30. The van der Waals surface area contributed by atoms with Crippen LogP contribution in [0.1, 0.15) is 18.5 Å². The number of thiazole rings is 1. The highest BCUT2D eigenvalue weighted by Gasteiger charge is 2.15. The lowest BCUT2D eigenvalue weighted by molar-refractivity contribution is 0.737. The Kier molecular flexibility index (Phi) is 3.54. The number of hydrogen-bond donors (Lipinski definition) is 1. The average molecular weight is 268 g/mol. The van der Waals surface area contributed by atoms with Crippen molar-refractivity contribution in [2.75, 3.05) is 17.7 Å². The van der Waals surface area contributed by atoms with Crippen molar-refractivity contribution in [2.45, 2.75) is 13.0 Å². The van der Waals surface area contributed by atoms with Crippen molar-refractivity contribution in [3.05, 3.63) is 41.0 Å². The van der Waals surface area contributed by atoms with Gasteiger partial charge in [0.25, 0.3) is 0 Å². The summed E-state index contributed by atoms with van der Waals surface area (Å²) >= 11 is 7.47. The number of nitrogens with two attached hydrogens (primary N) is 1. The minimum Gasteiger partial charge on any atom is -0.389 e. The lowest BCUT2D eigenvalue weighted by atomic mass is 10.1. The maximum absolute atomic E-state index is 5.99. The Morgan fingerprint density at radius 3 is 2.82 bits per heavy atom. The number of nitrogens with zero attached hydrogens (tertiary/aromatic N) is 2. The molecule has 1 heterocycles. The molecule has 1 aromatic carbocycles. The zero-order chi connectivity index (χ0) is 12.4.